The molecule has 30 heavy (non-hydrogen) atoms. The molecule has 4 rings (SSSR count). The SMILES string of the molecule is COc1ccc(-c2nc(C(N)=O)c(CN3CCCC3)o2)c2ccc(C(F)(F)F)nc12. The molecule has 0 radical (unpaired) electrons. The second kappa shape index (κ2) is 7.60. The van der Waals surface area contributed by atoms with Crippen molar-refractivity contribution in [3.63, 3.8) is 0 Å². The highest BCUT2D eigenvalue weighted by molar-refractivity contribution is 5.97. The summed E-state index contributed by atoms with van der Waals surface area (Å²) < 4.78 is 50.4. The number of methoxy groups -OCH3 is 1. The van der Waals surface area contributed by atoms with E-state index in [1.807, 2.05) is 0 Å². The smallest absolute Gasteiger partial charge is 0.433 e. The number of ether oxygens (including phenoxy) is 1. The number of amides is 1. The van der Waals surface area contributed by atoms with Crippen molar-refractivity contribution in [2.45, 2.75) is 25.6 Å². The van der Waals surface area contributed by atoms with Crippen LogP contribution in [-0.2, 0) is 12.7 Å². The second-order valence-corrected chi connectivity index (χ2v) is 7.04. The maximum absolute atomic E-state index is 13.1. The average Bonchev–Trinajstić information content (AvgIpc) is 3.36. The Morgan fingerprint density at radius 1 is 1.20 bits per heavy atom. The van der Waals surface area contributed by atoms with Crippen molar-refractivity contribution in [1.29, 1.82) is 0 Å². The van der Waals surface area contributed by atoms with Crippen LogP contribution in [-0.4, -0.2) is 41.0 Å². The number of oxazole rings is 1. The van der Waals surface area contributed by atoms with Crippen molar-refractivity contribution in [1.82, 2.24) is 14.9 Å². The van der Waals surface area contributed by atoms with E-state index < -0.39 is 17.8 Å². The minimum absolute atomic E-state index is 0.0146. The predicted octanol–water partition coefficient (Wildman–Crippen LogP) is 3.61. The van der Waals surface area contributed by atoms with Gasteiger partial charge in [0.1, 0.15) is 17.0 Å². The van der Waals surface area contributed by atoms with E-state index in [-0.39, 0.29) is 22.9 Å². The van der Waals surface area contributed by atoms with Gasteiger partial charge in [-0.1, -0.05) is 0 Å². The number of halogens is 3. The zero-order valence-corrected chi connectivity index (χ0v) is 16.1. The highest BCUT2D eigenvalue weighted by Crippen LogP contribution is 2.37. The zero-order valence-electron chi connectivity index (χ0n) is 16.1. The Bertz CT molecular complexity index is 1100. The molecule has 0 saturated carbocycles. The number of carbonyl (C=O) groups is 1. The summed E-state index contributed by atoms with van der Waals surface area (Å²) in [6.07, 6.45) is -2.48. The van der Waals surface area contributed by atoms with Gasteiger partial charge in [-0.2, -0.15) is 13.2 Å². The first-order valence-electron chi connectivity index (χ1n) is 9.35. The number of primary amides is 1. The number of nitrogens with zero attached hydrogens (tertiary/aromatic N) is 3. The third kappa shape index (κ3) is 3.70. The number of hydrogen-bond donors (Lipinski definition) is 1. The van der Waals surface area contributed by atoms with Crippen molar-refractivity contribution in [2.24, 2.45) is 5.73 Å². The highest BCUT2D eigenvalue weighted by atomic mass is 19.4. The van der Waals surface area contributed by atoms with E-state index in [0.717, 1.165) is 32.0 Å². The number of benzene rings is 1. The maximum Gasteiger partial charge on any atom is 0.433 e. The molecule has 1 saturated heterocycles. The number of fused-ring (bicyclic) bond motifs is 1. The number of carbonyl (C=O) groups excluding carboxylic acids is 1. The summed E-state index contributed by atoms with van der Waals surface area (Å²) in [5, 5.41) is 0.354. The van der Waals surface area contributed by atoms with Gasteiger partial charge in [0.2, 0.25) is 5.89 Å². The van der Waals surface area contributed by atoms with Gasteiger partial charge >= 0.3 is 6.18 Å². The lowest BCUT2D eigenvalue weighted by atomic mass is 10.1. The van der Waals surface area contributed by atoms with Gasteiger partial charge in [0, 0.05) is 10.9 Å². The lowest BCUT2D eigenvalue weighted by Gasteiger charge is -2.12. The maximum atomic E-state index is 13.1. The summed E-state index contributed by atoms with van der Waals surface area (Å²) in [7, 11) is 1.35. The minimum Gasteiger partial charge on any atom is -0.494 e. The lowest BCUT2D eigenvalue weighted by molar-refractivity contribution is -0.140. The number of aromatic nitrogens is 2. The summed E-state index contributed by atoms with van der Waals surface area (Å²) in [6.45, 7) is 2.14. The number of hydrogen-bond acceptors (Lipinski definition) is 6. The number of likely N-dealkylation sites (tertiary alicyclic amines) is 1. The van der Waals surface area contributed by atoms with E-state index in [9.17, 15) is 18.0 Å². The first-order valence-corrected chi connectivity index (χ1v) is 9.35. The molecule has 3 aromatic rings. The second-order valence-electron chi connectivity index (χ2n) is 7.04. The molecule has 1 fully saturated rings. The van der Waals surface area contributed by atoms with Crippen molar-refractivity contribution < 1.29 is 27.1 Å². The first-order chi connectivity index (χ1) is 14.3. The van der Waals surface area contributed by atoms with Gasteiger partial charge in [-0.3, -0.25) is 9.69 Å². The minimum atomic E-state index is -4.60. The Labute approximate surface area is 169 Å². The summed E-state index contributed by atoms with van der Waals surface area (Å²) >= 11 is 0. The summed E-state index contributed by atoms with van der Waals surface area (Å²) in [5.74, 6) is -0.122. The quantitative estimate of drug-likeness (QED) is 0.678. The zero-order chi connectivity index (χ0) is 21.5. The molecule has 0 atom stereocenters. The summed E-state index contributed by atoms with van der Waals surface area (Å²) in [5.41, 5.74) is 4.86. The number of pyridine rings is 1. The number of rotatable bonds is 5. The Morgan fingerprint density at radius 2 is 1.93 bits per heavy atom. The van der Waals surface area contributed by atoms with Gasteiger partial charge in [-0.05, 0) is 50.2 Å². The van der Waals surface area contributed by atoms with E-state index in [1.54, 1.807) is 6.07 Å². The molecule has 1 aliphatic rings. The largest absolute Gasteiger partial charge is 0.494 e. The normalized spacial score (nSPS) is 15.1. The molecule has 158 valence electrons. The van der Waals surface area contributed by atoms with E-state index in [4.69, 9.17) is 14.9 Å². The van der Waals surface area contributed by atoms with Crippen LogP contribution in [0.5, 0.6) is 5.75 Å². The predicted molar refractivity (Wildman–Crippen MR) is 102 cm³/mol. The molecule has 0 spiro atoms. The van der Waals surface area contributed by atoms with Crippen LogP contribution < -0.4 is 10.5 Å². The van der Waals surface area contributed by atoms with Crippen molar-refractivity contribution in [2.75, 3.05) is 20.2 Å². The molecule has 7 nitrogen and oxygen atoms in total. The van der Waals surface area contributed by atoms with Gasteiger partial charge in [-0.15, -0.1) is 0 Å². The topological polar surface area (TPSA) is 94.5 Å². The summed E-state index contributed by atoms with van der Waals surface area (Å²) in [4.78, 5) is 22.0. The number of alkyl halides is 3. The fourth-order valence-corrected chi connectivity index (χ4v) is 3.61. The van der Waals surface area contributed by atoms with E-state index in [1.165, 1.54) is 19.2 Å². The molecular weight excluding hydrogens is 401 g/mol. The Hall–Kier alpha value is -3.14. The van der Waals surface area contributed by atoms with Crippen LogP contribution in [0.15, 0.2) is 28.7 Å². The Morgan fingerprint density at radius 3 is 2.57 bits per heavy atom. The van der Waals surface area contributed by atoms with Gasteiger partial charge in [0.15, 0.2) is 11.5 Å². The van der Waals surface area contributed by atoms with Crippen LogP contribution >= 0.6 is 0 Å². The third-order valence-electron chi connectivity index (χ3n) is 5.06. The van der Waals surface area contributed by atoms with Crippen LogP contribution in [0.1, 0.15) is 34.8 Å². The standard InChI is InChI=1S/C20H19F3N4O3/c1-29-13-6-4-12(11-5-7-15(20(21,22)23)25-16(11)13)19-26-17(18(24)28)14(30-19)10-27-8-2-3-9-27/h4-7H,2-3,8-10H2,1H3,(H2,24,28). The van der Waals surface area contributed by atoms with Crippen molar-refractivity contribution >= 4 is 16.8 Å². The van der Waals surface area contributed by atoms with Crippen LogP contribution in [0.3, 0.4) is 0 Å². The number of nitrogens with two attached hydrogens (primary N) is 1. The average molecular weight is 420 g/mol. The van der Waals surface area contributed by atoms with Crippen LogP contribution in [0.4, 0.5) is 13.2 Å². The van der Waals surface area contributed by atoms with Crippen LogP contribution in [0.2, 0.25) is 0 Å². The van der Waals surface area contributed by atoms with Crippen LogP contribution in [0.25, 0.3) is 22.4 Å². The highest BCUT2D eigenvalue weighted by Gasteiger charge is 2.33. The first kappa shape index (κ1) is 20.1. The fraction of sp³-hybridized carbons (Fsp3) is 0.350. The molecule has 2 N–H and O–H groups in total. The fourth-order valence-electron chi connectivity index (χ4n) is 3.61. The van der Waals surface area contributed by atoms with Gasteiger partial charge in [0.05, 0.1) is 13.7 Å². The molecule has 0 bridgehead atoms. The van der Waals surface area contributed by atoms with Crippen LogP contribution in [0, 0.1) is 0 Å². The van der Waals surface area contributed by atoms with Gasteiger partial charge < -0.3 is 14.9 Å². The molecule has 1 aromatic carbocycles. The van der Waals surface area contributed by atoms with Gasteiger partial charge in [-0.25, -0.2) is 9.97 Å². The molecule has 3 heterocycles. The molecule has 10 heteroatoms. The molecular formula is C20H19F3N4O3. The van der Waals surface area contributed by atoms with Crippen molar-refractivity contribution in [3.05, 3.63) is 41.4 Å². The van der Waals surface area contributed by atoms with E-state index >= 15 is 0 Å². The van der Waals surface area contributed by atoms with Gasteiger partial charge in [0.25, 0.3) is 5.91 Å². The summed E-state index contributed by atoms with van der Waals surface area (Å²) in [6, 6.07) is 5.26. The van der Waals surface area contributed by atoms with Crippen molar-refractivity contribution in [3.8, 4) is 17.2 Å². The molecule has 1 aliphatic heterocycles. The molecule has 0 aliphatic carbocycles. The lowest BCUT2D eigenvalue weighted by Crippen LogP contribution is -2.21. The Kier molecular flexibility index (Phi) is 5.10. The van der Waals surface area contributed by atoms with E-state index in [0.29, 0.717) is 23.3 Å². The monoisotopic (exact) mass is 420 g/mol. The Balaban J connectivity index is 1.83. The van der Waals surface area contributed by atoms with E-state index in [2.05, 4.69) is 14.9 Å². The molecule has 2 aromatic heterocycles. The third-order valence-corrected chi connectivity index (χ3v) is 5.06. The molecule has 1 amide bonds. The molecule has 0 unspecified atom stereocenters.